The molecule has 0 unspecified atom stereocenters. The van der Waals surface area contributed by atoms with E-state index >= 15 is 0 Å². The van der Waals surface area contributed by atoms with Crippen LogP contribution in [0.5, 0.6) is 0 Å². The van der Waals surface area contributed by atoms with Crippen molar-refractivity contribution in [3.05, 3.63) is 50.7 Å². The lowest BCUT2D eigenvalue weighted by atomic mass is 9.96. The third-order valence-corrected chi connectivity index (χ3v) is 4.87. The Morgan fingerprint density at radius 3 is 2.76 bits per heavy atom. The Hall–Kier alpha value is -1.85. The summed E-state index contributed by atoms with van der Waals surface area (Å²) >= 11 is 7.33. The number of anilines is 1. The minimum absolute atomic E-state index is 0.168. The summed E-state index contributed by atoms with van der Waals surface area (Å²) < 4.78 is 0. The molecule has 108 valence electrons. The Kier molecular flexibility index (Phi) is 3.69. The number of aromatic carboxylic acids is 1. The van der Waals surface area contributed by atoms with Crippen molar-refractivity contribution in [3.8, 4) is 0 Å². The summed E-state index contributed by atoms with van der Waals surface area (Å²) in [6, 6.07) is 6.73. The van der Waals surface area contributed by atoms with E-state index in [1.54, 1.807) is 34.5 Å². The van der Waals surface area contributed by atoms with Gasteiger partial charge in [-0.3, -0.25) is 4.79 Å². The number of carbonyl (C=O) groups excluding carboxylic acids is 1. The third kappa shape index (κ3) is 2.43. The first kappa shape index (κ1) is 14.1. The molecule has 0 bridgehead atoms. The fraction of sp³-hybridized carbons (Fsp3) is 0.200. The number of benzene rings is 1. The standard InChI is InChI=1S/C15H12ClNO3S/c16-11-6-8-21-13(11)14(18)17-7-2-4-9-10(15(19)20)3-1-5-12(9)17/h1,3,5-6,8H,2,4,7H2,(H,19,20). The number of hydrogen-bond acceptors (Lipinski definition) is 3. The van der Waals surface area contributed by atoms with Crippen molar-refractivity contribution >= 4 is 40.5 Å². The molecule has 1 aliphatic heterocycles. The van der Waals surface area contributed by atoms with Crippen LogP contribution in [0, 0.1) is 0 Å². The zero-order valence-corrected chi connectivity index (χ0v) is 12.6. The van der Waals surface area contributed by atoms with Crippen LogP contribution < -0.4 is 4.90 Å². The number of rotatable bonds is 2. The first-order valence-corrected chi connectivity index (χ1v) is 7.75. The quantitative estimate of drug-likeness (QED) is 0.917. The average Bonchev–Trinajstić information content (AvgIpc) is 2.91. The number of thiophene rings is 1. The Bertz CT molecular complexity index is 725. The lowest BCUT2D eigenvalue weighted by Gasteiger charge is -2.30. The molecule has 21 heavy (non-hydrogen) atoms. The maximum atomic E-state index is 12.6. The molecule has 0 aliphatic carbocycles. The van der Waals surface area contributed by atoms with Gasteiger partial charge in [-0.1, -0.05) is 17.7 Å². The van der Waals surface area contributed by atoms with Crippen molar-refractivity contribution < 1.29 is 14.7 Å². The molecule has 2 aromatic rings. The highest BCUT2D eigenvalue weighted by molar-refractivity contribution is 7.12. The zero-order valence-electron chi connectivity index (χ0n) is 11.0. The van der Waals surface area contributed by atoms with E-state index in [0.717, 1.165) is 12.0 Å². The van der Waals surface area contributed by atoms with Gasteiger partial charge < -0.3 is 10.0 Å². The molecule has 0 radical (unpaired) electrons. The molecule has 0 saturated heterocycles. The molecule has 6 heteroatoms. The number of hydrogen-bond donors (Lipinski definition) is 1. The van der Waals surface area contributed by atoms with Crippen molar-refractivity contribution in [2.24, 2.45) is 0 Å². The summed E-state index contributed by atoms with van der Waals surface area (Å²) in [5.74, 6) is -1.13. The zero-order chi connectivity index (χ0) is 15.0. The molecule has 1 N–H and O–H groups in total. The van der Waals surface area contributed by atoms with Crippen LogP contribution in [0.2, 0.25) is 5.02 Å². The summed E-state index contributed by atoms with van der Waals surface area (Å²) in [7, 11) is 0. The van der Waals surface area contributed by atoms with Gasteiger partial charge in [0.1, 0.15) is 4.88 Å². The summed E-state index contributed by atoms with van der Waals surface area (Å²) in [4.78, 5) is 26.1. The molecule has 0 fully saturated rings. The van der Waals surface area contributed by atoms with Crippen LogP contribution in [-0.2, 0) is 6.42 Å². The van der Waals surface area contributed by atoms with E-state index < -0.39 is 5.97 Å². The van der Waals surface area contributed by atoms with Gasteiger partial charge >= 0.3 is 5.97 Å². The first-order valence-electron chi connectivity index (χ1n) is 6.49. The minimum Gasteiger partial charge on any atom is -0.478 e. The predicted octanol–water partition coefficient (Wildman–Crippen LogP) is 3.69. The number of nitrogens with zero attached hydrogens (tertiary/aromatic N) is 1. The maximum Gasteiger partial charge on any atom is 0.336 e. The molecule has 1 amide bonds. The van der Waals surface area contributed by atoms with E-state index in [4.69, 9.17) is 11.6 Å². The lowest BCUT2D eigenvalue weighted by Crippen LogP contribution is -2.35. The molecule has 2 heterocycles. The maximum absolute atomic E-state index is 12.6. The van der Waals surface area contributed by atoms with Crippen LogP contribution in [0.4, 0.5) is 5.69 Å². The monoisotopic (exact) mass is 321 g/mol. The van der Waals surface area contributed by atoms with Gasteiger partial charge in [-0.2, -0.15) is 0 Å². The second-order valence-corrected chi connectivity index (χ2v) is 6.09. The van der Waals surface area contributed by atoms with Gasteiger partial charge in [0.2, 0.25) is 0 Å². The smallest absolute Gasteiger partial charge is 0.336 e. The molecule has 0 saturated carbocycles. The summed E-state index contributed by atoms with van der Waals surface area (Å²) in [6.45, 7) is 0.573. The van der Waals surface area contributed by atoms with E-state index in [1.807, 2.05) is 0 Å². The molecule has 1 aromatic heterocycles. The molecule has 4 nitrogen and oxygen atoms in total. The van der Waals surface area contributed by atoms with Crippen LogP contribution in [0.1, 0.15) is 32.0 Å². The Balaban J connectivity index is 2.05. The van der Waals surface area contributed by atoms with Crippen molar-refractivity contribution in [1.29, 1.82) is 0 Å². The summed E-state index contributed by atoms with van der Waals surface area (Å²) in [5, 5.41) is 11.5. The number of amides is 1. The van der Waals surface area contributed by atoms with Crippen LogP contribution in [0.15, 0.2) is 29.6 Å². The van der Waals surface area contributed by atoms with Gasteiger partial charge in [0.15, 0.2) is 0 Å². The van der Waals surface area contributed by atoms with Crippen molar-refractivity contribution in [3.63, 3.8) is 0 Å². The van der Waals surface area contributed by atoms with E-state index in [1.165, 1.54) is 11.3 Å². The average molecular weight is 322 g/mol. The van der Waals surface area contributed by atoms with Gasteiger partial charge in [-0.25, -0.2) is 4.79 Å². The fourth-order valence-electron chi connectivity index (χ4n) is 2.60. The normalized spacial score (nSPS) is 13.9. The van der Waals surface area contributed by atoms with Gasteiger partial charge in [-0.15, -0.1) is 11.3 Å². The minimum atomic E-state index is -0.963. The van der Waals surface area contributed by atoms with Gasteiger partial charge in [0.25, 0.3) is 5.91 Å². The summed E-state index contributed by atoms with van der Waals surface area (Å²) in [5.41, 5.74) is 1.66. The van der Waals surface area contributed by atoms with Gasteiger partial charge in [0.05, 0.1) is 10.6 Å². The molecular weight excluding hydrogens is 310 g/mol. The second kappa shape index (κ2) is 5.50. The van der Waals surface area contributed by atoms with Gasteiger partial charge in [0, 0.05) is 12.2 Å². The van der Waals surface area contributed by atoms with E-state index in [0.29, 0.717) is 28.6 Å². The highest BCUT2D eigenvalue weighted by atomic mass is 35.5. The number of halogens is 1. The summed E-state index contributed by atoms with van der Waals surface area (Å²) in [6.07, 6.45) is 1.41. The third-order valence-electron chi connectivity index (χ3n) is 3.54. The molecule has 1 aromatic carbocycles. The number of carboxylic acids is 1. The van der Waals surface area contributed by atoms with Crippen LogP contribution in [0.25, 0.3) is 0 Å². The topological polar surface area (TPSA) is 57.6 Å². The number of carbonyl (C=O) groups is 2. The van der Waals surface area contributed by atoms with Gasteiger partial charge in [-0.05, 0) is 42.0 Å². The Morgan fingerprint density at radius 1 is 1.29 bits per heavy atom. The van der Waals surface area contributed by atoms with Crippen molar-refractivity contribution in [2.45, 2.75) is 12.8 Å². The van der Waals surface area contributed by atoms with E-state index in [9.17, 15) is 14.7 Å². The number of fused-ring (bicyclic) bond motifs is 1. The highest BCUT2D eigenvalue weighted by Gasteiger charge is 2.28. The molecule has 3 rings (SSSR count). The lowest BCUT2D eigenvalue weighted by molar-refractivity contribution is 0.0695. The first-order chi connectivity index (χ1) is 10.1. The fourth-order valence-corrected chi connectivity index (χ4v) is 3.69. The van der Waals surface area contributed by atoms with E-state index in [2.05, 4.69) is 0 Å². The second-order valence-electron chi connectivity index (χ2n) is 4.77. The molecule has 1 aliphatic rings. The number of carboxylic acid groups (broad SMARTS) is 1. The largest absolute Gasteiger partial charge is 0.478 e. The molecule has 0 atom stereocenters. The van der Waals surface area contributed by atoms with Crippen molar-refractivity contribution in [1.82, 2.24) is 0 Å². The van der Waals surface area contributed by atoms with Crippen LogP contribution >= 0.6 is 22.9 Å². The molecule has 0 spiro atoms. The molecular formula is C15H12ClNO3S. The highest BCUT2D eigenvalue weighted by Crippen LogP contribution is 2.33. The van der Waals surface area contributed by atoms with Crippen LogP contribution in [0.3, 0.4) is 0 Å². The van der Waals surface area contributed by atoms with Crippen molar-refractivity contribution in [2.75, 3.05) is 11.4 Å². The van der Waals surface area contributed by atoms with E-state index in [-0.39, 0.29) is 11.5 Å². The SMILES string of the molecule is O=C(O)c1cccc2c1CCCN2C(=O)c1sccc1Cl. The van der Waals surface area contributed by atoms with Crippen LogP contribution in [-0.4, -0.2) is 23.5 Å². The Morgan fingerprint density at radius 2 is 2.10 bits per heavy atom. The Labute approximate surface area is 130 Å². The predicted molar refractivity (Wildman–Crippen MR) is 82.7 cm³/mol.